The summed E-state index contributed by atoms with van der Waals surface area (Å²) in [4.78, 5) is 2.16. The first-order valence-corrected chi connectivity index (χ1v) is 7.00. The zero-order valence-corrected chi connectivity index (χ0v) is 12.0. The van der Waals surface area contributed by atoms with Crippen molar-refractivity contribution < 1.29 is 9.50 Å². The maximum absolute atomic E-state index is 13.3. The van der Waals surface area contributed by atoms with Gasteiger partial charge in [-0.15, -0.1) is 0 Å². The number of nitrogens with zero attached hydrogens (tertiary/aromatic N) is 1. The van der Waals surface area contributed by atoms with Crippen molar-refractivity contribution in [2.75, 3.05) is 31.6 Å². The molecule has 0 fully saturated rings. The molecule has 0 aliphatic carbocycles. The minimum absolute atomic E-state index is 0.190. The lowest BCUT2D eigenvalue weighted by Crippen LogP contribution is -2.22. The molecule has 19 heavy (non-hydrogen) atoms. The molecule has 0 aromatic heterocycles. The summed E-state index contributed by atoms with van der Waals surface area (Å²) in [6.07, 6.45) is 2.90. The summed E-state index contributed by atoms with van der Waals surface area (Å²) in [5.41, 5.74) is 2.07. The number of hydrogen-bond donors (Lipinski definition) is 2. The van der Waals surface area contributed by atoms with Gasteiger partial charge in [0.1, 0.15) is 5.82 Å². The number of hydrogen-bond acceptors (Lipinski definition) is 3. The van der Waals surface area contributed by atoms with Gasteiger partial charge in [0.05, 0.1) is 0 Å². The fourth-order valence-corrected chi connectivity index (χ4v) is 2.09. The van der Waals surface area contributed by atoms with Gasteiger partial charge in [-0.3, -0.25) is 0 Å². The van der Waals surface area contributed by atoms with Gasteiger partial charge in [0.15, 0.2) is 0 Å². The third-order valence-electron chi connectivity index (χ3n) is 3.17. The fourth-order valence-electron chi connectivity index (χ4n) is 2.09. The van der Waals surface area contributed by atoms with Crippen LogP contribution in [0.2, 0.25) is 0 Å². The Morgan fingerprint density at radius 1 is 1.26 bits per heavy atom. The van der Waals surface area contributed by atoms with Crippen LogP contribution in [0.5, 0.6) is 0 Å². The van der Waals surface area contributed by atoms with Gasteiger partial charge in [-0.1, -0.05) is 6.92 Å². The van der Waals surface area contributed by atoms with E-state index in [1.165, 1.54) is 6.07 Å². The topological polar surface area (TPSA) is 35.5 Å². The minimum atomic E-state index is -0.190. The van der Waals surface area contributed by atoms with E-state index in [0.717, 1.165) is 43.6 Å². The quantitative estimate of drug-likeness (QED) is 0.676. The van der Waals surface area contributed by atoms with Crippen LogP contribution in [0.3, 0.4) is 0 Å². The largest absolute Gasteiger partial charge is 0.396 e. The average Bonchev–Trinajstić information content (AvgIpc) is 2.41. The molecule has 0 bridgehead atoms. The summed E-state index contributed by atoms with van der Waals surface area (Å²) >= 11 is 0. The van der Waals surface area contributed by atoms with E-state index in [-0.39, 0.29) is 12.4 Å². The van der Waals surface area contributed by atoms with E-state index >= 15 is 0 Å². The molecule has 0 spiro atoms. The zero-order chi connectivity index (χ0) is 14.1. The van der Waals surface area contributed by atoms with Crippen molar-refractivity contribution in [1.82, 2.24) is 5.32 Å². The lowest BCUT2D eigenvalue weighted by atomic mass is 10.1. The Balaban J connectivity index is 2.63. The molecular weight excluding hydrogens is 243 g/mol. The summed E-state index contributed by atoms with van der Waals surface area (Å²) < 4.78 is 13.3. The SMILES string of the molecule is CCNCc1cc(F)ccc1N(C)CCCCCO. The number of unbranched alkanes of at least 4 members (excludes halogenated alkanes) is 2. The number of nitrogens with one attached hydrogen (secondary N) is 1. The van der Waals surface area contributed by atoms with E-state index in [2.05, 4.69) is 10.2 Å². The fraction of sp³-hybridized carbons (Fsp3) is 0.600. The van der Waals surface area contributed by atoms with Crippen LogP contribution in [-0.2, 0) is 6.54 Å². The smallest absolute Gasteiger partial charge is 0.123 e. The van der Waals surface area contributed by atoms with Crippen LogP contribution in [0.1, 0.15) is 31.7 Å². The molecule has 1 aromatic rings. The Morgan fingerprint density at radius 3 is 2.74 bits per heavy atom. The van der Waals surface area contributed by atoms with Crippen molar-refractivity contribution in [2.45, 2.75) is 32.7 Å². The van der Waals surface area contributed by atoms with Crippen LogP contribution < -0.4 is 10.2 Å². The number of halogens is 1. The van der Waals surface area contributed by atoms with Crippen molar-refractivity contribution in [3.05, 3.63) is 29.6 Å². The molecule has 1 aromatic carbocycles. The van der Waals surface area contributed by atoms with Crippen LogP contribution in [0.25, 0.3) is 0 Å². The van der Waals surface area contributed by atoms with E-state index in [4.69, 9.17) is 5.11 Å². The number of benzene rings is 1. The van der Waals surface area contributed by atoms with E-state index in [0.29, 0.717) is 6.54 Å². The third-order valence-corrected chi connectivity index (χ3v) is 3.17. The van der Waals surface area contributed by atoms with Gasteiger partial charge in [0.2, 0.25) is 0 Å². The standard InChI is InChI=1S/C15H25FN2O/c1-3-17-12-13-11-14(16)7-8-15(13)18(2)9-5-4-6-10-19/h7-8,11,17,19H,3-6,9-10,12H2,1-2H3. The summed E-state index contributed by atoms with van der Waals surface area (Å²) in [5, 5.41) is 12.0. The highest BCUT2D eigenvalue weighted by atomic mass is 19.1. The van der Waals surface area contributed by atoms with Crippen LogP contribution >= 0.6 is 0 Å². The molecule has 3 nitrogen and oxygen atoms in total. The number of anilines is 1. The maximum Gasteiger partial charge on any atom is 0.123 e. The van der Waals surface area contributed by atoms with Gasteiger partial charge in [0, 0.05) is 32.4 Å². The molecule has 0 aliphatic rings. The molecule has 0 saturated heterocycles. The summed E-state index contributed by atoms with van der Waals surface area (Å²) in [5.74, 6) is -0.190. The Hall–Kier alpha value is -1.13. The molecule has 2 N–H and O–H groups in total. The van der Waals surface area contributed by atoms with Crippen LogP contribution in [-0.4, -0.2) is 31.9 Å². The molecule has 0 atom stereocenters. The van der Waals surface area contributed by atoms with Crippen LogP contribution in [0.4, 0.5) is 10.1 Å². The Labute approximate surface area is 115 Å². The second-order valence-corrected chi connectivity index (χ2v) is 4.76. The third kappa shape index (κ3) is 5.57. The normalized spacial score (nSPS) is 10.7. The Bertz CT molecular complexity index is 371. The molecule has 0 amide bonds. The first-order valence-electron chi connectivity index (χ1n) is 7.00. The van der Waals surface area contributed by atoms with E-state index in [9.17, 15) is 4.39 Å². The maximum atomic E-state index is 13.3. The van der Waals surface area contributed by atoms with Crippen LogP contribution in [0, 0.1) is 5.82 Å². The highest BCUT2D eigenvalue weighted by Gasteiger charge is 2.08. The summed E-state index contributed by atoms with van der Waals surface area (Å²) in [7, 11) is 2.03. The van der Waals surface area contributed by atoms with Gasteiger partial charge in [0.25, 0.3) is 0 Å². The van der Waals surface area contributed by atoms with Crippen molar-refractivity contribution in [3.8, 4) is 0 Å². The van der Waals surface area contributed by atoms with Crippen molar-refractivity contribution in [3.63, 3.8) is 0 Å². The van der Waals surface area contributed by atoms with Gasteiger partial charge < -0.3 is 15.3 Å². The monoisotopic (exact) mass is 268 g/mol. The number of aliphatic hydroxyl groups excluding tert-OH is 1. The molecule has 0 heterocycles. The predicted molar refractivity (Wildman–Crippen MR) is 78.0 cm³/mol. The second-order valence-electron chi connectivity index (χ2n) is 4.76. The first-order chi connectivity index (χ1) is 9.19. The van der Waals surface area contributed by atoms with E-state index < -0.39 is 0 Å². The highest BCUT2D eigenvalue weighted by molar-refractivity contribution is 5.53. The minimum Gasteiger partial charge on any atom is -0.396 e. The lowest BCUT2D eigenvalue weighted by Gasteiger charge is -2.22. The van der Waals surface area contributed by atoms with Crippen molar-refractivity contribution in [1.29, 1.82) is 0 Å². The van der Waals surface area contributed by atoms with Crippen molar-refractivity contribution in [2.24, 2.45) is 0 Å². The lowest BCUT2D eigenvalue weighted by molar-refractivity contribution is 0.283. The van der Waals surface area contributed by atoms with E-state index in [1.807, 2.05) is 20.0 Å². The van der Waals surface area contributed by atoms with Crippen LogP contribution in [0.15, 0.2) is 18.2 Å². The van der Waals surface area contributed by atoms with E-state index in [1.54, 1.807) is 6.07 Å². The van der Waals surface area contributed by atoms with Gasteiger partial charge in [-0.05, 0) is 49.6 Å². The van der Waals surface area contributed by atoms with Gasteiger partial charge in [-0.25, -0.2) is 4.39 Å². The number of rotatable bonds is 9. The molecular formula is C15H25FN2O. The summed E-state index contributed by atoms with van der Waals surface area (Å²) in [6.45, 7) is 4.77. The molecule has 0 aliphatic heterocycles. The molecule has 1 rings (SSSR count). The molecule has 0 radical (unpaired) electrons. The molecule has 0 saturated carbocycles. The Kier molecular flexibility index (Phi) is 7.45. The first kappa shape index (κ1) is 15.9. The number of aliphatic hydroxyl groups is 1. The molecule has 4 heteroatoms. The van der Waals surface area contributed by atoms with Crippen molar-refractivity contribution >= 4 is 5.69 Å². The Morgan fingerprint density at radius 2 is 2.05 bits per heavy atom. The predicted octanol–water partition coefficient (Wildman–Crippen LogP) is 2.53. The average molecular weight is 268 g/mol. The summed E-state index contributed by atoms with van der Waals surface area (Å²) in [6, 6.07) is 4.95. The second kappa shape index (κ2) is 8.88. The zero-order valence-electron chi connectivity index (χ0n) is 12.0. The molecule has 0 unspecified atom stereocenters. The highest BCUT2D eigenvalue weighted by Crippen LogP contribution is 2.21. The molecule has 108 valence electrons. The van der Waals surface area contributed by atoms with Gasteiger partial charge in [-0.2, -0.15) is 0 Å². The van der Waals surface area contributed by atoms with Gasteiger partial charge >= 0.3 is 0 Å².